The Labute approximate surface area is 107 Å². The molecular formula is C12H17N3OS. The molecule has 1 saturated carbocycles. The van der Waals surface area contributed by atoms with Gasteiger partial charge < -0.3 is 15.8 Å². The smallest absolute Gasteiger partial charge is 0.106 e. The van der Waals surface area contributed by atoms with E-state index in [0.29, 0.717) is 4.99 Å². The van der Waals surface area contributed by atoms with Crippen LogP contribution in [0.2, 0.25) is 0 Å². The van der Waals surface area contributed by atoms with Crippen LogP contribution < -0.4 is 11.1 Å². The molecule has 0 atom stereocenters. The lowest BCUT2D eigenvalue weighted by atomic mass is 9.80. The molecule has 1 heterocycles. The third-order valence-corrected chi connectivity index (χ3v) is 3.61. The van der Waals surface area contributed by atoms with Gasteiger partial charge in [0.25, 0.3) is 0 Å². The van der Waals surface area contributed by atoms with E-state index in [2.05, 4.69) is 10.3 Å². The number of nitrogens with zero attached hydrogens (tertiary/aromatic N) is 1. The van der Waals surface area contributed by atoms with Gasteiger partial charge in [-0.3, -0.25) is 4.98 Å². The highest BCUT2D eigenvalue weighted by Gasteiger charge is 2.36. The van der Waals surface area contributed by atoms with Crippen LogP contribution in [0.25, 0.3) is 0 Å². The molecule has 0 unspecified atom stereocenters. The van der Waals surface area contributed by atoms with Crippen molar-refractivity contribution in [2.75, 3.05) is 19.0 Å². The Balaban J connectivity index is 2.06. The van der Waals surface area contributed by atoms with Gasteiger partial charge in [-0.05, 0) is 25.3 Å². The summed E-state index contributed by atoms with van der Waals surface area (Å²) < 4.78 is 5.55. The molecule has 1 aliphatic rings. The summed E-state index contributed by atoms with van der Waals surface area (Å²) in [6.45, 7) is 0.769. The first-order chi connectivity index (χ1) is 8.17. The molecule has 3 N–H and O–H groups in total. The molecule has 0 aliphatic heterocycles. The van der Waals surface area contributed by atoms with Gasteiger partial charge in [0.15, 0.2) is 0 Å². The first-order valence-electron chi connectivity index (χ1n) is 5.70. The van der Waals surface area contributed by atoms with Crippen molar-refractivity contribution in [3.63, 3.8) is 0 Å². The maximum absolute atomic E-state index is 5.67. The zero-order valence-corrected chi connectivity index (χ0v) is 10.7. The number of hydrogen-bond donors (Lipinski definition) is 2. The SMILES string of the molecule is COC1(CNc2cnccc2C(N)=S)CCC1. The molecule has 0 amide bonds. The van der Waals surface area contributed by atoms with E-state index >= 15 is 0 Å². The quantitative estimate of drug-likeness (QED) is 0.780. The highest BCUT2D eigenvalue weighted by molar-refractivity contribution is 7.80. The number of pyridine rings is 1. The van der Waals surface area contributed by atoms with E-state index in [-0.39, 0.29) is 5.60 Å². The highest BCUT2D eigenvalue weighted by Crippen LogP contribution is 2.35. The number of nitrogens with two attached hydrogens (primary N) is 1. The molecule has 92 valence electrons. The molecule has 1 fully saturated rings. The first-order valence-corrected chi connectivity index (χ1v) is 6.10. The largest absolute Gasteiger partial charge is 0.389 e. The van der Waals surface area contributed by atoms with Crippen LogP contribution in [0.4, 0.5) is 5.69 Å². The van der Waals surface area contributed by atoms with E-state index in [4.69, 9.17) is 22.7 Å². The molecule has 4 nitrogen and oxygen atoms in total. The van der Waals surface area contributed by atoms with Gasteiger partial charge in [-0.15, -0.1) is 0 Å². The highest BCUT2D eigenvalue weighted by atomic mass is 32.1. The van der Waals surface area contributed by atoms with E-state index in [9.17, 15) is 0 Å². The fraction of sp³-hybridized carbons (Fsp3) is 0.500. The van der Waals surface area contributed by atoms with Crippen LogP contribution in [0.5, 0.6) is 0 Å². The monoisotopic (exact) mass is 251 g/mol. The molecule has 5 heteroatoms. The van der Waals surface area contributed by atoms with Crippen LogP contribution in [0, 0.1) is 0 Å². The van der Waals surface area contributed by atoms with E-state index in [1.165, 1.54) is 6.42 Å². The van der Waals surface area contributed by atoms with E-state index in [0.717, 1.165) is 30.6 Å². The second kappa shape index (κ2) is 4.98. The van der Waals surface area contributed by atoms with Gasteiger partial charge in [0, 0.05) is 25.4 Å². The fourth-order valence-corrected chi connectivity index (χ4v) is 2.21. The summed E-state index contributed by atoms with van der Waals surface area (Å²) in [5, 5.41) is 3.33. The van der Waals surface area contributed by atoms with Crippen LogP contribution in [-0.4, -0.2) is 29.2 Å². The summed E-state index contributed by atoms with van der Waals surface area (Å²) in [4.78, 5) is 4.46. The number of ether oxygens (including phenoxy) is 1. The lowest BCUT2D eigenvalue weighted by Gasteiger charge is -2.40. The van der Waals surface area contributed by atoms with Gasteiger partial charge in [0.05, 0.1) is 17.5 Å². The Bertz CT molecular complexity index is 412. The van der Waals surface area contributed by atoms with Crippen LogP contribution in [0.1, 0.15) is 24.8 Å². The summed E-state index contributed by atoms with van der Waals surface area (Å²) >= 11 is 5.01. The van der Waals surface area contributed by atoms with Crippen molar-refractivity contribution in [2.45, 2.75) is 24.9 Å². The minimum absolute atomic E-state index is 0.0245. The Morgan fingerprint density at radius 3 is 2.94 bits per heavy atom. The van der Waals surface area contributed by atoms with E-state index in [1.807, 2.05) is 6.07 Å². The summed E-state index contributed by atoms with van der Waals surface area (Å²) in [6.07, 6.45) is 6.86. The maximum Gasteiger partial charge on any atom is 0.106 e. The van der Waals surface area contributed by atoms with Crippen LogP contribution >= 0.6 is 12.2 Å². The van der Waals surface area contributed by atoms with Gasteiger partial charge in [0.1, 0.15) is 4.99 Å². The zero-order chi connectivity index (χ0) is 12.3. The lowest BCUT2D eigenvalue weighted by molar-refractivity contribution is -0.0601. The van der Waals surface area contributed by atoms with Crippen LogP contribution in [0.3, 0.4) is 0 Å². The predicted molar refractivity (Wildman–Crippen MR) is 72.2 cm³/mol. The minimum atomic E-state index is -0.0245. The molecule has 0 spiro atoms. The Morgan fingerprint density at radius 1 is 1.65 bits per heavy atom. The number of anilines is 1. The van der Waals surface area contributed by atoms with Gasteiger partial charge in [0.2, 0.25) is 0 Å². The molecule has 0 bridgehead atoms. The molecular weight excluding hydrogens is 234 g/mol. The van der Waals surface area contributed by atoms with Gasteiger partial charge in [-0.25, -0.2) is 0 Å². The normalized spacial score (nSPS) is 17.2. The number of nitrogens with one attached hydrogen (secondary N) is 1. The van der Waals surface area contributed by atoms with Crippen molar-refractivity contribution in [1.29, 1.82) is 0 Å². The maximum atomic E-state index is 5.67. The molecule has 1 aromatic rings. The van der Waals surface area contributed by atoms with Crippen LogP contribution in [0.15, 0.2) is 18.5 Å². The topological polar surface area (TPSA) is 60.2 Å². The Morgan fingerprint density at radius 2 is 2.41 bits per heavy atom. The van der Waals surface area contributed by atoms with Crippen molar-refractivity contribution in [3.05, 3.63) is 24.0 Å². The van der Waals surface area contributed by atoms with Gasteiger partial charge in [-0.2, -0.15) is 0 Å². The molecule has 1 aliphatic carbocycles. The first kappa shape index (κ1) is 12.3. The Hall–Kier alpha value is -1.20. The van der Waals surface area contributed by atoms with Crippen molar-refractivity contribution < 1.29 is 4.74 Å². The lowest BCUT2D eigenvalue weighted by Crippen LogP contribution is -2.45. The zero-order valence-electron chi connectivity index (χ0n) is 9.90. The number of aromatic nitrogens is 1. The number of thiocarbonyl (C=S) groups is 1. The molecule has 0 saturated heterocycles. The van der Waals surface area contributed by atoms with E-state index in [1.54, 1.807) is 19.5 Å². The summed E-state index contributed by atoms with van der Waals surface area (Å²) in [5.74, 6) is 0. The van der Waals surface area contributed by atoms with Gasteiger partial charge >= 0.3 is 0 Å². The molecule has 0 radical (unpaired) electrons. The second-order valence-corrected chi connectivity index (χ2v) is 4.82. The predicted octanol–water partition coefficient (Wildman–Crippen LogP) is 1.70. The minimum Gasteiger partial charge on any atom is -0.389 e. The van der Waals surface area contributed by atoms with Crippen molar-refractivity contribution in [1.82, 2.24) is 4.98 Å². The third-order valence-electron chi connectivity index (χ3n) is 3.39. The standard InChI is InChI=1S/C12H17N3OS/c1-16-12(4-2-5-12)8-15-10-7-14-6-3-9(10)11(13)17/h3,6-7,15H,2,4-5,8H2,1H3,(H2,13,17). The number of methoxy groups -OCH3 is 1. The van der Waals surface area contributed by atoms with Crippen LogP contribution in [-0.2, 0) is 4.74 Å². The summed E-state index contributed by atoms with van der Waals surface area (Å²) in [7, 11) is 1.76. The average molecular weight is 251 g/mol. The number of rotatable bonds is 5. The van der Waals surface area contributed by atoms with Crippen molar-refractivity contribution in [3.8, 4) is 0 Å². The van der Waals surface area contributed by atoms with E-state index < -0.39 is 0 Å². The fourth-order valence-electron chi connectivity index (χ4n) is 2.03. The third kappa shape index (κ3) is 2.56. The molecule has 0 aromatic carbocycles. The molecule has 1 aromatic heterocycles. The molecule has 2 rings (SSSR count). The average Bonchev–Trinajstić information content (AvgIpc) is 2.28. The van der Waals surface area contributed by atoms with Gasteiger partial charge in [-0.1, -0.05) is 12.2 Å². The van der Waals surface area contributed by atoms with Crippen molar-refractivity contribution in [2.24, 2.45) is 5.73 Å². The van der Waals surface area contributed by atoms with Crippen molar-refractivity contribution >= 4 is 22.9 Å². The Kier molecular flexibility index (Phi) is 3.59. The summed E-state index contributed by atoms with van der Waals surface area (Å²) in [5.41, 5.74) is 7.35. The summed E-state index contributed by atoms with van der Waals surface area (Å²) in [6, 6.07) is 1.82. The molecule has 17 heavy (non-hydrogen) atoms. The second-order valence-electron chi connectivity index (χ2n) is 4.38. The number of hydrogen-bond acceptors (Lipinski definition) is 4.